The van der Waals surface area contributed by atoms with Crippen molar-refractivity contribution in [2.75, 3.05) is 6.54 Å². The fourth-order valence-electron chi connectivity index (χ4n) is 1.75. The van der Waals surface area contributed by atoms with Crippen molar-refractivity contribution in [3.8, 4) is 0 Å². The smallest absolute Gasteiger partial charge is 0.186 e. The maximum Gasteiger partial charge on any atom is 0.186 e. The number of nitrogens with two attached hydrogens (primary N) is 1. The number of hydrogen-bond donors (Lipinski definition) is 1. The molecule has 3 nitrogen and oxygen atoms in total. The van der Waals surface area contributed by atoms with E-state index in [1.807, 2.05) is 36.6 Å². The van der Waals surface area contributed by atoms with E-state index in [-0.39, 0.29) is 5.78 Å². The van der Waals surface area contributed by atoms with Crippen molar-refractivity contribution in [1.82, 2.24) is 4.98 Å². The van der Waals surface area contributed by atoms with Gasteiger partial charge in [0.25, 0.3) is 0 Å². The number of hydrogen-bond acceptors (Lipinski definition) is 4. The number of nitrogens with zero attached hydrogens (tertiary/aromatic N) is 1. The van der Waals surface area contributed by atoms with Crippen LogP contribution in [0.4, 0.5) is 0 Å². The van der Waals surface area contributed by atoms with Crippen molar-refractivity contribution in [3.63, 3.8) is 0 Å². The summed E-state index contributed by atoms with van der Waals surface area (Å²) in [5, 5.41) is 2.76. The summed E-state index contributed by atoms with van der Waals surface area (Å²) in [5.41, 5.74) is 8.24. The van der Waals surface area contributed by atoms with Gasteiger partial charge < -0.3 is 5.73 Å². The SMILES string of the molecule is Cc1ccccc1CC(=O)c1csc(CCN)n1. The zero-order valence-electron chi connectivity index (χ0n) is 10.3. The van der Waals surface area contributed by atoms with Crippen molar-refractivity contribution in [1.29, 1.82) is 0 Å². The summed E-state index contributed by atoms with van der Waals surface area (Å²) in [6.07, 6.45) is 1.15. The first kappa shape index (κ1) is 12.9. The lowest BCUT2D eigenvalue weighted by Gasteiger charge is -2.02. The van der Waals surface area contributed by atoms with Crippen LogP contribution >= 0.6 is 11.3 Å². The molecular formula is C14H16N2OS. The van der Waals surface area contributed by atoms with Crippen LogP contribution in [0.2, 0.25) is 0 Å². The van der Waals surface area contributed by atoms with Crippen molar-refractivity contribution in [2.45, 2.75) is 19.8 Å². The minimum atomic E-state index is 0.0730. The molecule has 4 heteroatoms. The molecule has 0 aliphatic rings. The largest absolute Gasteiger partial charge is 0.330 e. The Balaban J connectivity index is 2.10. The van der Waals surface area contributed by atoms with E-state index in [0.717, 1.165) is 22.6 Å². The van der Waals surface area contributed by atoms with Gasteiger partial charge in [-0.15, -0.1) is 11.3 Å². The van der Waals surface area contributed by atoms with Gasteiger partial charge in [0.2, 0.25) is 0 Å². The molecule has 94 valence electrons. The van der Waals surface area contributed by atoms with E-state index in [4.69, 9.17) is 5.73 Å². The van der Waals surface area contributed by atoms with Gasteiger partial charge in [-0.05, 0) is 24.6 Å². The van der Waals surface area contributed by atoms with Gasteiger partial charge in [-0.25, -0.2) is 4.98 Å². The van der Waals surface area contributed by atoms with E-state index in [2.05, 4.69) is 4.98 Å². The minimum absolute atomic E-state index is 0.0730. The second-order valence-corrected chi connectivity index (χ2v) is 5.13. The fraction of sp³-hybridized carbons (Fsp3) is 0.286. The lowest BCUT2D eigenvalue weighted by atomic mass is 10.0. The highest BCUT2D eigenvalue weighted by molar-refractivity contribution is 7.09. The summed E-state index contributed by atoms with van der Waals surface area (Å²) in [6, 6.07) is 7.94. The topological polar surface area (TPSA) is 56.0 Å². The van der Waals surface area contributed by atoms with E-state index in [0.29, 0.717) is 18.7 Å². The molecule has 0 amide bonds. The Morgan fingerprint density at radius 2 is 2.17 bits per heavy atom. The van der Waals surface area contributed by atoms with Crippen molar-refractivity contribution < 1.29 is 4.79 Å². The Labute approximate surface area is 111 Å². The average molecular weight is 260 g/mol. The number of ketones is 1. The lowest BCUT2D eigenvalue weighted by Crippen LogP contribution is -2.06. The second-order valence-electron chi connectivity index (χ2n) is 4.19. The number of benzene rings is 1. The third-order valence-electron chi connectivity index (χ3n) is 2.81. The Morgan fingerprint density at radius 3 is 2.89 bits per heavy atom. The van der Waals surface area contributed by atoms with Crippen LogP contribution in [0, 0.1) is 6.92 Å². The van der Waals surface area contributed by atoms with Gasteiger partial charge in [0.05, 0.1) is 5.01 Å². The zero-order valence-corrected chi connectivity index (χ0v) is 11.2. The second kappa shape index (κ2) is 5.89. The Bertz CT molecular complexity index is 548. The fourth-order valence-corrected chi connectivity index (χ4v) is 2.57. The van der Waals surface area contributed by atoms with Crippen LogP contribution in [0.3, 0.4) is 0 Å². The molecule has 18 heavy (non-hydrogen) atoms. The van der Waals surface area contributed by atoms with Gasteiger partial charge in [0.15, 0.2) is 5.78 Å². The van der Waals surface area contributed by atoms with Crippen LogP contribution in [-0.2, 0) is 12.8 Å². The molecule has 1 aromatic carbocycles. The van der Waals surface area contributed by atoms with E-state index in [1.165, 1.54) is 11.3 Å². The number of Topliss-reactive ketones (excluding diaryl/α,β-unsaturated/α-hetero) is 1. The summed E-state index contributed by atoms with van der Waals surface area (Å²) in [4.78, 5) is 16.4. The third-order valence-corrected chi connectivity index (χ3v) is 3.72. The first-order chi connectivity index (χ1) is 8.70. The summed E-state index contributed by atoms with van der Waals surface area (Å²) >= 11 is 1.51. The van der Waals surface area contributed by atoms with E-state index >= 15 is 0 Å². The van der Waals surface area contributed by atoms with E-state index < -0.39 is 0 Å². The van der Waals surface area contributed by atoms with Gasteiger partial charge in [-0.2, -0.15) is 0 Å². The molecule has 0 atom stereocenters. The van der Waals surface area contributed by atoms with Crippen LogP contribution in [0.5, 0.6) is 0 Å². The van der Waals surface area contributed by atoms with Crippen LogP contribution in [-0.4, -0.2) is 17.3 Å². The van der Waals surface area contributed by atoms with Crippen molar-refractivity contribution in [2.24, 2.45) is 5.73 Å². The predicted octanol–water partition coefficient (Wildman–Crippen LogP) is 2.38. The lowest BCUT2D eigenvalue weighted by molar-refractivity contribution is 0.0988. The standard InChI is InChI=1S/C14H16N2OS/c1-10-4-2-3-5-11(10)8-13(17)12-9-18-14(16-12)6-7-15/h2-5,9H,6-8,15H2,1H3. The number of rotatable bonds is 5. The Morgan fingerprint density at radius 1 is 1.39 bits per heavy atom. The molecule has 0 fully saturated rings. The number of thiazole rings is 1. The van der Waals surface area contributed by atoms with E-state index in [9.17, 15) is 4.79 Å². The molecule has 2 N–H and O–H groups in total. The molecule has 0 aliphatic heterocycles. The molecule has 0 unspecified atom stereocenters. The maximum atomic E-state index is 12.1. The number of carbonyl (C=O) groups is 1. The number of carbonyl (C=O) groups excluding carboxylic acids is 1. The quantitative estimate of drug-likeness (QED) is 0.840. The van der Waals surface area contributed by atoms with Gasteiger partial charge in [-0.1, -0.05) is 24.3 Å². The first-order valence-corrected chi connectivity index (χ1v) is 6.81. The molecule has 0 radical (unpaired) electrons. The number of aryl methyl sites for hydroxylation is 1. The normalized spacial score (nSPS) is 10.6. The monoisotopic (exact) mass is 260 g/mol. The van der Waals surface area contributed by atoms with Crippen LogP contribution in [0.25, 0.3) is 0 Å². The zero-order chi connectivity index (χ0) is 13.0. The van der Waals surface area contributed by atoms with Gasteiger partial charge >= 0.3 is 0 Å². The van der Waals surface area contributed by atoms with Crippen LogP contribution in [0.15, 0.2) is 29.6 Å². The Kier molecular flexibility index (Phi) is 4.23. The summed E-state index contributed by atoms with van der Waals surface area (Å²) in [6.45, 7) is 2.59. The molecule has 1 aromatic heterocycles. The van der Waals surface area contributed by atoms with Gasteiger partial charge in [0.1, 0.15) is 5.69 Å². The molecule has 0 saturated heterocycles. The van der Waals surface area contributed by atoms with Gasteiger partial charge in [0, 0.05) is 18.2 Å². The van der Waals surface area contributed by atoms with Crippen molar-refractivity contribution in [3.05, 3.63) is 51.5 Å². The molecule has 0 bridgehead atoms. The van der Waals surface area contributed by atoms with Crippen LogP contribution in [0.1, 0.15) is 26.6 Å². The van der Waals surface area contributed by atoms with Gasteiger partial charge in [-0.3, -0.25) is 4.79 Å². The summed E-state index contributed by atoms with van der Waals surface area (Å²) < 4.78 is 0. The minimum Gasteiger partial charge on any atom is -0.330 e. The highest BCUT2D eigenvalue weighted by atomic mass is 32.1. The highest BCUT2D eigenvalue weighted by Gasteiger charge is 2.12. The van der Waals surface area contributed by atoms with Crippen molar-refractivity contribution >= 4 is 17.1 Å². The molecule has 2 aromatic rings. The predicted molar refractivity (Wildman–Crippen MR) is 74.1 cm³/mol. The summed E-state index contributed by atoms with van der Waals surface area (Å²) in [7, 11) is 0. The van der Waals surface area contributed by atoms with Crippen LogP contribution < -0.4 is 5.73 Å². The van der Waals surface area contributed by atoms with E-state index in [1.54, 1.807) is 0 Å². The molecule has 0 saturated carbocycles. The molecule has 1 heterocycles. The highest BCUT2D eigenvalue weighted by Crippen LogP contribution is 2.14. The molecule has 2 rings (SSSR count). The summed E-state index contributed by atoms with van der Waals surface area (Å²) in [5.74, 6) is 0.0730. The Hall–Kier alpha value is -1.52. The average Bonchev–Trinajstić information content (AvgIpc) is 2.81. The first-order valence-electron chi connectivity index (χ1n) is 5.93. The third kappa shape index (κ3) is 3.03. The molecule has 0 aliphatic carbocycles. The molecular weight excluding hydrogens is 244 g/mol. The molecule has 0 spiro atoms. The number of aromatic nitrogens is 1. The maximum absolute atomic E-state index is 12.1.